The number of ether oxygens (including phenoxy) is 2. The van der Waals surface area contributed by atoms with Crippen LogP contribution in [-0.2, 0) is 26.0 Å². The van der Waals surface area contributed by atoms with Gasteiger partial charge in [-0.3, -0.25) is 13.9 Å². The fourth-order valence-electron chi connectivity index (χ4n) is 4.72. The summed E-state index contributed by atoms with van der Waals surface area (Å²) in [5.74, 6) is 0.0335. The molecule has 1 N–H and O–H groups in total. The Hall–Kier alpha value is -3.27. The molecule has 1 aliphatic rings. The largest absolute Gasteiger partial charge is 0.497 e. The van der Waals surface area contributed by atoms with Crippen LogP contribution < -0.4 is 19.1 Å². The number of rotatable bonds is 12. The minimum absolute atomic E-state index is 0.0980. The van der Waals surface area contributed by atoms with Crippen molar-refractivity contribution in [3.05, 3.63) is 54.1 Å². The van der Waals surface area contributed by atoms with E-state index in [-0.39, 0.29) is 29.9 Å². The monoisotopic (exact) mass is 545 g/mol. The molecule has 0 radical (unpaired) electrons. The van der Waals surface area contributed by atoms with Gasteiger partial charge in [-0.2, -0.15) is 0 Å². The number of benzene rings is 2. The van der Waals surface area contributed by atoms with E-state index in [1.54, 1.807) is 25.1 Å². The van der Waals surface area contributed by atoms with Gasteiger partial charge in [0.2, 0.25) is 21.8 Å². The number of amides is 2. The molecule has 0 spiro atoms. The van der Waals surface area contributed by atoms with Crippen molar-refractivity contribution in [3.63, 3.8) is 0 Å². The Balaban J connectivity index is 1.87. The summed E-state index contributed by atoms with van der Waals surface area (Å²) in [5, 5.41) is 3.10. The highest BCUT2D eigenvalue weighted by atomic mass is 32.2. The molecule has 2 aromatic rings. The Labute approximate surface area is 226 Å². The third-order valence-corrected chi connectivity index (χ3v) is 8.06. The first kappa shape index (κ1) is 29.3. The van der Waals surface area contributed by atoms with Gasteiger partial charge in [0.15, 0.2) is 0 Å². The topological polar surface area (TPSA) is 105 Å². The maximum absolute atomic E-state index is 13.7. The van der Waals surface area contributed by atoms with Gasteiger partial charge >= 0.3 is 0 Å². The molecule has 10 heteroatoms. The molecule has 2 amide bonds. The number of carbonyl (C=O) groups excluding carboxylic acids is 2. The maximum Gasteiger partial charge on any atom is 0.244 e. The summed E-state index contributed by atoms with van der Waals surface area (Å²) in [5.41, 5.74) is 1.23. The van der Waals surface area contributed by atoms with E-state index >= 15 is 0 Å². The van der Waals surface area contributed by atoms with Gasteiger partial charge in [-0.05, 0) is 43.9 Å². The molecule has 1 unspecified atom stereocenters. The molecule has 0 saturated heterocycles. The van der Waals surface area contributed by atoms with Crippen LogP contribution in [0.5, 0.6) is 11.5 Å². The van der Waals surface area contributed by atoms with Crippen molar-refractivity contribution in [2.45, 2.75) is 57.5 Å². The highest BCUT2D eigenvalue weighted by molar-refractivity contribution is 7.92. The molecule has 208 valence electrons. The Morgan fingerprint density at radius 2 is 1.71 bits per heavy atom. The van der Waals surface area contributed by atoms with Crippen molar-refractivity contribution >= 4 is 27.5 Å². The molecule has 9 nitrogen and oxygen atoms in total. The molecule has 1 saturated carbocycles. The van der Waals surface area contributed by atoms with Gasteiger partial charge in [0.25, 0.3) is 0 Å². The summed E-state index contributed by atoms with van der Waals surface area (Å²) in [7, 11) is -0.952. The third kappa shape index (κ3) is 7.86. The fraction of sp³-hybridized carbons (Fsp3) is 0.500. The van der Waals surface area contributed by atoms with Gasteiger partial charge in [-0.15, -0.1) is 0 Å². The second kappa shape index (κ2) is 13.5. The van der Waals surface area contributed by atoms with E-state index in [2.05, 4.69) is 5.32 Å². The van der Waals surface area contributed by atoms with Gasteiger partial charge in [-0.1, -0.05) is 49.6 Å². The van der Waals surface area contributed by atoms with E-state index < -0.39 is 28.5 Å². The van der Waals surface area contributed by atoms with Crippen LogP contribution >= 0.6 is 0 Å². The summed E-state index contributed by atoms with van der Waals surface area (Å²) >= 11 is 0. The van der Waals surface area contributed by atoms with Crippen LogP contribution in [0.2, 0.25) is 0 Å². The van der Waals surface area contributed by atoms with Crippen LogP contribution in [0.15, 0.2) is 48.5 Å². The average molecular weight is 546 g/mol. The summed E-state index contributed by atoms with van der Waals surface area (Å²) in [6.45, 7) is 1.48. The van der Waals surface area contributed by atoms with Gasteiger partial charge < -0.3 is 19.7 Å². The molecular formula is C28H39N3O6S. The van der Waals surface area contributed by atoms with Crippen LogP contribution in [0.3, 0.4) is 0 Å². The van der Waals surface area contributed by atoms with E-state index in [1.165, 1.54) is 25.5 Å². The van der Waals surface area contributed by atoms with Gasteiger partial charge in [0.1, 0.15) is 24.1 Å². The summed E-state index contributed by atoms with van der Waals surface area (Å²) in [4.78, 5) is 28.4. The Morgan fingerprint density at radius 3 is 2.32 bits per heavy atom. The van der Waals surface area contributed by atoms with Crippen LogP contribution in [0.25, 0.3) is 0 Å². The van der Waals surface area contributed by atoms with Gasteiger partial charge in [-0.25, -0.2) is 8.42 Å². The molecule has 0 aliphatic heterocycles. The average Bonchev–Trinajstić information content (AvgIpc) is 2.91. The second-order valence-electron chi connectivity index (χ2n) is 9.65. The van der Waals surface area contributed by atoms with Gasteiger partial charge in [0, 0.05) is 18.7 Å². The van der Waals surface area contributed by atoms with Crippen molar-refractivity contribution in [3.8, 4) is 11.5 Å². The third-order valence-electron chi connectivity index (χ3n) is 6.94. The van der Waals surface area contributed by atoms with Crippen molar-refractivity contribution in [2.24, 2.45) is 0 Å². The highest BCUT2D eigenvalue weighted by Crippen LogP contribution is 2.33. The molecule has 1 aliphatic carbocycles. The number of hydrogen-bond donors (Lipinski definition) is 1. The first-order valence-electron chi connectivity index (χ1n) is 13.0. The van der Waals surface area contributed by atoms with E-state index in [0.717, 1.165) is 41.8 Å². The minimum atomic E-state index is -3.87. The number of sulfonamides is 1. The molecule has 0 heterocycles. The van der Waals surface area contributed by atoms with E-state index in [4.69, 9.17) is 9.47 Å². The SMILES string of the molecule is COc1ccc(N(CC(=O)N(CCc2ccccc2)C(C)C(=O)NC2CCCCC2)S(C)(=O)=O)c(OC)c1. The van der Waals surface area contributed by atoms with E-state index in [1.807, 2.05) is 30.3 Å². The number of nitrogens with zero attached hydrogens (tertiary/aromatic N) is 2. The van der Waals surface area contributed by atoms with Crippen molar-refractivity contribution in [1.29, 1.82) is 0 Å². The smallest absolute Gasteiger partial charge is 0.244 e. The molecule has 1 atom stereocenters. The number of nitrogens with one attached hydrogen (secondary N) is 1. The van der Waals surface area contributed by atoms with Crippen LogP contribution in [-0.4, -0.2) is 70.8 Å². The van der Waals surface area contributed by atoms with Crippen LogP contribution in [0, 0.1) is 0 Å². The molecular weight excluding hydrogens is 506 g/mol. The molecule has 3 rings (SSSR count). The predicted molar refractivity (Wildman–Crippen MR) is 148 cm³/mol. The second-order valence-corrected chi connectivity index (χ2v) is 11.6. The number of anilines is 1. The minimum Gasteiger partial charge on any atom is -0.497 e. The lowest BCUT2D eigenvalue weighted by atomic mass is 9.95. The number of methoxy groups -OCH3 is 2. The number of hydrogen-bond acceptors (Lipinski definition) is 6. The summed E-state index contributed by atoms with van der Waals surface area (Å²) < 4.78 is 37.3. The zero-order chi connectivity index (χ0) is 27.7. The van der Waals surface area contributed by atoms with Crippen LogP contribution in [0.4, 0.5) is 5.69 Å². The molecule has 0 bridgehead atoms. The van der Waals surface area contributed by atoms with Gasteiger partial charge in [0.05, 0.1) is 26.2 Å². The van der Waals surface area contributed by atoms with E-state index in [9.17, 15) is 18.0 Å². The lowest BCUT2D eigenvalue weighted by Gasteiger charge is -2.33. The predicted octanol–water partition coefficient (Wildman–Crippen LogP) is 3.38. The summed E-state index contributed by atoms with van der Waals surface area (Å²) in [6.07, 6.45) is 6.73. The lowest BCUT2D eigenvalue weighted by molar-refractivity contribution is -0.139. The highest BCUT2D eigenvalue weighted by Gasteiger charge is 2.32. The lowest BCUT2D eigenvalue weighted by Crippen LogP contribution is -2.53. The molecule has 0 aromatic heterocycles. The van der Waals surface area contributed by atoms with Crippen molar-refractivity contribution in [2.75, 3.05) is 37.9 Å². The Bertz CT molecular complexity index is 1180. The van der Waals surface area contributed by atoms with Crippen LogP contribution in [0.1, 0.15) is 44.6 Å². The zero-order valence-corrected chi connectivity index (χ0v) is 23.5. The van der Waals surface area contributed by atoms with Crippen molar-refractivity contribution < 1.29 is 27.5 Å². The fourth-order valence-corrected chi connectivity index (χ4v) is 5.58. The van der Waals surface area contributed by atoms with E-state index in [0.29, 0.717) is 12.2 Å². The Morgan fingerprint density at radius 1 is 1.03 bits per heavy atom. The van der Waals surface area contributed by atoms with Crippen molar-refractivity contribution in [1.82, 2.24) is 10.2 Å². The first-order chi connectivity index (χ1) is 18.1. The normalized spacial score (nSPS) is 14.8. The quantitative estimate of drug-likeness (QED) is 0.439. The molecule has 1 fully saturated rings. The molecule has 38 heavy (non-hydrogen) atoms. The maximum atomic E-state index is 13.7. The Kier molecular flexibility index (Phi) is 10.4. The zero-order valence-electron chi connectivity index (χ0n) is 22.7. The summed E-state index contributed by atoms with van der Waals surface area (Å²) in [6, 6.07) is 13.7. The number of carbonyl (C=O) groups is 2. The molecule has 2 aromatic carbocycles. The standard InChI is InChI=1S/C28H39N3O6S/c1-21(28(33)29-23-13-9-6-10-14-23)30(18-17-22-11-7-5-8-12-22)27(32)20-31(38(4,34)35)25-16-15-24(36-2)19-26(25)37-3/h5,7-8,11-12,15-16,19,21,23H,6,9-10,13-14,17-18,20H2,1-4H3,(H,29,33). The first-order valence-corrected chi connectivity index (χ1v) is 14.8.